The Morgan fingerprint density at radius 1 is 0.283 bits per heavy atom. The summed E-state index contributed by atoms with van der Waals surface area (Å²) in [5, 5.41) is 0. The van der Waals surface area contributed by atoms with Crippen LogP contribution in [0.25, 0.3) is 0 Å². The topological polar surface area (TPSA) is 49.8 Å². The molecule has 1 atom stereocenters. The molecule has 0 saturated heterocycles. The van der Waals surface area contributed by atoms with E-state index in [9.17, 15) is 9.46 Å². The predicted octanol–water partition coefficient (Wildman–Crippen LogP) is 20.6. The van der Waals surface area contributed by atoms with Crippen LogP contribution in [0.2, 0.25) is 0 Å². The van der Waals surface area contributed by atoms with Gasteiger partial charge in [-0.1, -0.05) is 316 Å². The molecule has 0 fully saturated rings. The van der Waals surface area contributed by atoms with Crippen molar-refractivity contribution in [2.75, 3.05) is 19.7 Å². The molecule has 60 heavy (non-hydrogen) atoms. The average Bonchev–Trinajstić information content (AvgIpc) is 3.24. The van der Waals surface area contributed by atoms with Gasteiger partial charge in [-0.25, -0.2) is 9.24 Å². The SMILES string of the molecule is CCCCCCCCCCCCCCCCCCCCCCCCN(CCCCCCCCCCCCCCCCCCCCCCCC)P(=O)(O)OCCCCCCC. The molecule has 5 heteroatoms. The van der Waals surface area contributed by atoms with Crippen LogP contribution in [-0.2, 0) is 9.09 Å². The van der Waals surface area contributed by atoms with Crippen molar-refractivity contribution in [3.8, 4) is 0 Å². The molecule has 0 heterocycles. The first-order valence-corrected chi connectivity index (χ1v) is 29.8. The van der Waals surface area contributed by atoms with E-state index < -0.39 is 7.75 Å². The fraction of sp³-hybridized carbons (Fsp3) is 1.00. The molecular formula is C55H114NO3P. The van der Waals surface area contributed by atoms with E-state index in [1.54, 1.807) is 0 Å². The van der Waals surface area contributed by atoms with Gasteiger partial charge in [0.05, 0.1) is 6.61 Å². The van der Waals surface area contributed by atoms with Crippen LogP contribution in [0.15, 0.2) is 0 Å². The maximum Gasteiger partial charge on any atom is 0.405 e. The molecule has 0 aromatic heterocycles. The highest BCUT2D eigenvalue weighted by Crippen LogP contribution is 2.47. The number of hydrogen-bond acceptors (Lipinski definition) is 2. The monoisotopic (exact) mass is 868 g/mol. The Kier molecular flexibility index (Phi) is 51.8. The molecule has 0 amide bonds. The van der Waals surface area contributed by atoms with Gasteiger partial charge < -0.3 is 4.89 Å². The van der Waals surface area contributed by atoms with Crippen molar-refractivity contribution in [3.05, 3.63) is 0 Å². The molecule has 0 saturated carbocycles. The molecule has 0 aromatic carbocycles. The summed E-state index contributed by atoms with van der Waals surface area (Å²) in [6.45, 7) is 8.63. The van der Waals surface area contributed by atoms with E-state index >= 15 is 0 Å². The van der Waals surface area contributed by atoms with Crippen LogP contribution in [0.3, 0.4) is 0 Å². The van der Waals surface area contributed by atoms with Gasteiger partial charge in [0.2, 0.25) is 0 Å². The Hall–Kier alpha value is 0.110. The van der Waals surface area contributed by atoms with Crippen LogP contribution in [0, 0.1) is 0 Å². The Balaban J connectivity index is 3.90. The Labute approximate surface area is 380 Å². The van der Waals surface area contributed by atoms with E-state index in [0.29, 0.717) is 19.7 Å². The highest BCUT2D eigenvalue weighted by Gasteiger charge is 2.28. The van der Waals surface area contributed by atoms with Gasteiger partial charge in [0.25, 0.3) is 0 Å². The lowest BCUT2D eigenvalue weighted by Gasteiger charge is -2.26. The number of hydrogen-bond donors (Lipinski definition) is 1. The zero-order chi connectivity index (χ0) is 43.6. The molecule has 4 nitrogen and oxygen atoms in total. The molecule has 1 N–H and O–H groups in total. The first-order valence-electron chi connectivity index (χ1n) is 28.3. The zero-order valence-electron chi connectivity index (χ0n) is 41.9. The first-order chi connectivity index (χ1) is 29.6. The molecule has 0 aliphatic rings. The number of unbranched alkanes of at least 4 members (excludes halogenated alkanes) is 46. The molecular weight excluding hydrogens is 754 g/mol. The first kappa shape index (κ1) is 60.1. The van der Waals surface area contributed by atoms with E-state index in [1.807, 2.05) is 4.67 Å². The van der Waals surface area contributed by atoms with Crippen molar-refractivity contribution >= 4 is 7.75 Å². The second kappa shape index (κ2) is 51.7. The Morgan fingerprint density at radius 3 is 0.650 bits per heavy atom. The molecule has 0 aliphatic carbocycles. The van der Waals surface area contributed by atoms with E-state index in [0.717, 1.165) is 38.5 Å². The van der Waals surface area contributed by atoms with Gasteiger partial charge in [0.15, 0.2) is 0 Å². The fourth-order valence-electron chi connectivity index (χ4n) is 9.14. The highest BCUT2D eigenvalue weighted by atomic mass is 31.2. The minimum atomic E-state index is -3.72. The Bertz CT molecular complexity index is 776. The van der Waals surface area contributed by atoms with Crippen LogP contribution >= 0.6 is 7.75 Å². The zero-order valence-corrected chi connectivity index (χ0v) is 42.8. The van der Waals surface area contributed by atoms with Crippen molar-refractivity contribution < 1.29 is 14.0 Å². The summed E-state index contributed by atoms with van der Waals surface area (Å²) in [6, 6.07) is 0. The molecule has 0 aromatic rings. The predicted molar refractivity (Wildman–Crippen MR) is 271 cm³/mol. The maximum absolute atomic E-state index is 13.4. The normalized spacial score (nSPS) is 12.9. The molecule has 0 aliphatic heterocycles. The minimum absolute atomic E-state index is 0.409. The summed E-state index contributed by atoms with van der Waals surface area (Å²) in [5.74, 6) is 0. The summed E-state index contributed by atoms with van der Waals surface area (Å²) < 4.78 is 20.9. The highest BCUT2D eigenvalue weighted by molar-refractivity contribution is 7.50. The van der Waals surface area contributed by atoms with E-state index in [-0.39, 0.29) is 0 Å². The smallest absolute Gasteiger partial charge is 0.312 e. The van der Waals surface area contributed by atoms with Gasteiger partial charge in [0.1, 0.15) is 0 Å². The number of nitrogens with zero attached hydrogens (tertiary/aromatic N) is 1. The van der Waals surface area contributed by atoms with Crippen LogP contribution < -0.4 is 0 Å². The van der Waals surface area contributed by atoms with Gasteiger partial charge >= 0.3 is 7.75 Å². The van der Waals surface area contributed by atoms with Crippen LogP contribution in [0.5, 0.6) is 0 Å². The molecule has 362 valence electrons. The van der Waals surface area contributed by atoms with Crippen LogP contribution in [-0.4, -0.2) is 29.3 Å². The lowest BCUT2D eigenvalue weighted by Crippen LogP contribution is -2.24. The third kappa shape index (κ3) is 47.6. The van der Waals surface area contributed by atoms with Crippen molar-refractivity contribution in [1.29, 1.82) is 0 Å². The molecule has 0 radical (unpaired) electrons. The quantitative estimate of drug-likeness (QED) is 0.0489. The van der Waals surface area contributed by atoms with Gasteiger partial charge in [-0.3, -0.25) is 4.52 Å². The van der Waals surface area contributed by atoms with E-state index in [1.165, 1.54) is 276 Å². The van der Waals surface area contributed by atoms with Gasteiger partial charge in [0, 0.05) is 13.1 Å². The lowest BCUT2D eigenvalue weighted by atomic mass is 10.0. The maximum atomic E-state index is 13.4. The number of rotatable bonds is 54. The van der Waals surface area contributed by atoms with Crippen molar-refractivity contribution in [2.45, 2.75) is 335 Å². The van der Waals surface area contributed by atoms with Crippen molar-refractivity contribution in [3.63, 3.8) is 0 Å². The third-order valence-electron chi connectivity index (χ3n) is 13.4. The van der Waals surface area contributed by atoms with Crippen LogP contribution in [0.1, 0.15) is 335 Å². The molecule has 0 spiro atoms. The summed E-state index contributed by atoms with van der Waals surface area (Å²) in [6.07, 6.45) is 66.5. The summed E-state index contributed by atoms with van der Waals surface area (Å²) in [7, 11) is -3.72. The van der Waals surface area contributed by atoms with E-state index in [4.69, 9.17) is 4.52 Å². The van der Waals surface area contributed by atoms with Crippen molar-refractivity contribution in [1.82, 2.24) is 4.67 Å². The summed E-state index contributed by atoms with van der Waals surface area (Å²) >= 11 is 0. The Morgan fingerprint density at radius 2 is 0.450 bits per heavy atom. The second-order valence-corrected chi connectivity index (χ2v) is 21.3. The van der Waals surface area contributed by atoms with Gasteiger partial charge in [-0.15, -0.1) is 0 Å². The van der Waals surface area contributed by atoms with E-state index in [2.05, 4.69) is 20.8 Å². The lowest BCUT2D eigenvalue weighted by molar-refractivity contribution is 0.194. The third-order valence-corrected chi connectivity index (χ3v) is 15.0. The summed E-state index contributed by atoms with van der Waals surface area (Å²) in [4.78, 5) is 11.0. The average molecular weight is 868 g/mol. The molecule has 0 rings (SSSR count). The minimum Gasteiger partial charge on any atom is -0.312 e. The van der Waals surface area contributed by atoms with Crippen LogP contribution in [0.4, 0.5) is 0 Å². The fourth-order valence-corrected chi connectivity index (χ4v) is 10.5. The standard InChI is InChI=1S/C55H114NO3P/c1-4-7-10-13-15-17-19-21-23-25-27-29-31-33-35-37-39-41-43-45-47-50-53-56(60(57,58)59-55-52-49-12-9-6-3)54-51-48-46-44-42-40-38-36-34-32-30-28-26-24-22-20-18-16-14-11-8-5-2/h4-55H2,1-3H3,(H,57,58). The summed E-state index contributed by atoms with van der Waals surface area (Å²) in [5.41, 5.74) is 0. The van der Waals surface area contributed by atoms with Crippen molar-refractivity contribution in [2.24, 2.45) is 0 Å². The van der Waals surface area contributed by atoms with Gasteiger partial charge in [-0.2, -0.15) is 0 Å². The second-order valence-electron chi connectivity index (χ2n) is 19.5. The molecule has 0 bridgehead atoms. The van der Waals surface area contributed by atoms with Gasteiger partial charge in [-0.05, 0) is 19.3 Å². The largest absolute Gasteiger partial charge is 0.405 e. The molecule has 1 unspecified atom stereocenters.